The third kappa shape index (κ3) is 3.91. The Hall–Kier alpha value is -1.82. The first-order chi connectivity index (χ1) is 12.6. The van der Waals surface area contributed by atoms with Gasteiger partial charge in [0.25, 0.3) is 0 Å². The normalized spacial score (nSPS) is 24.4. The minimum atomic E-state index is -0.138. The fourth-order valence-electron chi connectivity index (χ4n) is 4.99. The Labute approximate surface area is 163 Å². The van der Waals surface area contributed by atoms with Crippen LogP contribution in [0.25, 0.3) is 0 Å². The molecule has 0 bridgehead atoms. The predicted octanol–water partition coefficient (Wildman–Crippen LogP) is 3.16. The number of aryl methyl sites for hydroxylation is 1. The average Bonchev–Trinajstić information content (AvgIpc) is 3.07. The van der Waals surface area contributed by atoms with Gasteiger partial charge in [-0.3, -0.25) is 4.90 Å². The summed E-state index contributed by atoms with van der Waals surface area (Å²) in [4.78, 5) is 23.3. The number of hydrogen-bond acceptors (Lipinski definition) is 5. The second-order valence-corrected chi connectivity index (χ2v) is 8.12. The zero-order valence-electron chi connectivity index (χ0n) is 16.0. The van der Waals surface area contributed by atoms with Gasteiger partial charge in [0.05, 0.1) is 6.61 Å². The van der Waals surface area contributed by atoms with Crippen LogP contribution in [-0.4, -0.2) is 72.8 Å². The van der Waals surface area contributed by atoms with Crippen LogP contribution in [0.1, 0.15) is 39.2 Å². The molecule has 2 saturated heterocycles. The van der Waals surface area contributed by atoms with Crippen LogP contribution < -0.4 is 4.90 Å². The van der Waals surface area contributed by atoms with Crippen molar-refractivity contribution < 1.29 is 9.53 Å². The molecule has 1 unspecified atom stereocenters. The van der Waals surface area contributed by atoms with Crippen molar-refractivity contribution in [2.45, 2.75) is 46.6 Å². The highest BCUT2D eigenvalue weighted by Crippen LogP contribution is 2.47. The first kappa shape index (κ1) is 19.9. The van der Waals surface area contributed by atoms with Gasteiger partial charge in [0.1, 0.15) is 5.82 Å². The molecule has 1 aliphatic carbocycles. The Bertz CT molecular complexity index is 651. The van der Waals surface area contributed by atoms with Gasteiger partial charge in [-0.2, -0.15) is 0 Å². The molecule has 3 heterocycles. The van der Waals surface area contributed by atoms with E-state index in [1.807, 2.05) is 24.1 Å². The van der Waals surface area contributed by atoms with Gasteiger partial charge in [0, 0.05) is 56.9 Å². The summed E-state index contributed by atoms with van der Waals surface area (Å²) in [5.74, 6) is 1.14. The van der Waals surface area contributed by atoms with Crippen LogP contribution in [0.3, 0.4) is 0 Å². The van der Waals surface area contributed by atoms with E-state index < -0.39 is 0 Å². The van der Waals surface area contributed by atoms with Gasteiger partial charge in [0.2, 0.25) is 0 Å². The topological polar surface area (TPSA) is 48.9 Å². The van der Waals surface area contributed by atoms with Crippen LogP contribution in [-0.2, 0) is 4.74 Å². The Morgan fingerprint density at radius 1 is 1.30 bits per heavy atom. The summed E-state index contributed by atoms with van der Waals surface area (Å²) < 4.78 is 5.12. The Kier molecular flexibility index (Phi) is 5.94. The Balaban J connectivity index is 0.00000210. The molecule has 1 spiro atoms. The SMILES string of the molecule is C.CCOC(=O)N1CC2(CCC(N3CCN(c4ncccc4C)CC3)C2)C1. The maximum atomic E-state index is 11.8. The number of carbonyl (C=O) groups excluding carboxylic acids is 1. The zero-order chi connectivity index (χ0) is 18.1. The third-order valence-electron chi connectivity index (χ3n) is 6.37. The monoisotopic (exact) mass is 374 g/mol. The van der Waals surface area contributed by atoms with Crippen LogP contribution in [0, 0.1) is 12.3 Å². The summed E-state index contributed by atoms with van der Waals surface area (Å²) >= 11 is 0. The number of nitrogens with zero attached hydrogens (tertiary/aromatic N) is 4. The second-order valence-electron chi connectivity index (χ2n) is 8.12. The van der Waals surface area contributed by atoms with E-state index in [1.54, 1.807) is 0 Å². The van der Waals surface area contributed by atoms with E-state index in [1.165, 1.54) is 24.8 Å². The van der Waals surface area contributed by atoms with E-state index in [2.05, 4.69) is 27.8 Å². The summed E-state index contributed by atoms with van der Waals surface area (Å²) in [6, 6.07) is 4.82. The lowest BCUT2D eigenvalue weighted by Crippen LogP contribution is -2.58. The summed E-state index contributed by atoms with van der Waals surface area (Å²) in [6.07, 6.45) is 5.49. The van der Waals surface area contributed by atoms with Gasteiger partial charge in [-0.1, -0.05) is 13.5 Å². The number of rotatable bonds is 3. The van der Waals surface area contributed by atoms with Crippen molar-refractivity contribution in [3.05, 3.63) is 23.9 Å². The molecule has 27 heavy (non-hydrogen) atoms. The number of pyridine rings is 1. The van der Waals surface area contributed by atoms with Gasteiger partial charge in [-0.25, -0.2) is 9.78 Å². The van der Waals surface area contributed by atoms with Crippen molar-refractivity contribution in [1.82, 2.24) is 14.8 Å². The second kappa shape index (κ2) is 8.05. The molecule has 6 nitrogen and oxygen atoms in total. The predicted molar refractivity (Wildman–Crippen MR) is 108 cm³/mol. The van der Waals surface area contributed by atoms with Crippen molar-refractivity contribution in [2.24, 2.45) is 5.41 Å². The van der Waals surface area contributed by atoms with Gasteiger partial charge in [-0.05, 0) is 44.7 Å². The van der Waals surface area contributed by atoms with Crippen molar-refractivity contribution in [1.29, 1.82) is 0 Å². The quantitative estimate of drug-likeness (QED) is 0.813. The molecule has 0 N–H and O–H groups in total. The number of ether oxygens (including phenoxy) is 1. The molecule has 4 rings (SSSR count). The lowest BCUT2D eigenvalue weighted by molar-refractivity contribution is -0.00294. The summed E-state index contributed by atoms with van der Waals surface area (Å²) in [5.41, 5.74) is 1.61. The van der Waals surface area contributed by atoms with Crippen LogP contribution in [0.5, 0.6) is 0 Å². The van der Waals surface area contributed by atoms with Gasteiger partial charge in [0.15, 0.2) is 0 Å². The number of carbonyl (C=O) groups is 1. The molecule has 150 valence electrons. The molecule has 1 amide bonds. The molecule has 3 aliphatic rings. The molecular weight excluding hydrogens is 340 g/mol. The fraction of sp³-hybridized carbons (Fsp3) is 0.714. The van der Waals surface area contributed by atoms with Gasteiger partial charge >= 0.3 is 6.09 Å². The summed E-state index contributed by atoms with van der Waals surface area (Å²) in [7, 11) is 0. The number of amides is 1. The highest BCUT2D eigenvalue weighted by atomic mass is 16.6. The number of piperazine rings is 1. The third-order valence-corrected chi connectivity index (χ3v) is 6.37. The van der Waals surface area contributed by atoms with Crippen LogP contribution in [0.15, 0.2) is 18.3 Å². The largest absolute Gasteiger partial charge is 0.450 e. The maximum Gasteiger partial charge on any atom is 0.409 e. The van der Waals surface area contributed by atoms with E-state index in [0.29, 0.717) is 18.1 Å². The van der Waals surface area contributed by atoms with E-state index in [0.717, 1.165) is 45.1 Å². The molecule has 1 atom stereocenters. The molecule has 1 aromatic heterocycles. The number of likely N-dealkylation sites (tertiary alicyclic amines) is 1. The van der Waals surface area contributed by atoms with E-state index in [-0.39, 0.29) is 13.5 Å². The molecule has 6 heteroatoms. The number of anilines is 1. The highest BCUT2D eigenvalue weighted by Gasteiger charge is 2.51. The highest BCUT2D eigenvalue weighted by molar-refractivity contribution is 5.69. The summed E-state index contributed by atoms with van der Waals surface area (Å²) in [6.45, 7) is 10.6. The van der Waals surface area contributed by atoms with E-state index in [9.17, 15) is 4.79 Å². The van der Waals surface area contributed by atoms with Crippen molar-refractivity contribution >= 4 is 11.9 Å². The van der Waals surface area contributed by atoms with Gasteiger partial charge in [-0.15, -0.1) is 0 Å². The Morgan fingerprint density at radius 3 is 2.70 bits per heavy atom. The molecule has 3 fully saturated rings. The fourth-order valence-corrected chi connectivity index (χ4v) is 4.99. The smallest absolute Gasteiger partial charge is 0.409 e. The lowest BCUT2D eigenvalue weighted by atomic mass is 9.78. The molecule has 0 aromatic carbocycles. The molecular formula is C21H34N4O2. The molecule has 1 aromatic rings. The van der Waals surface area contributed by atoms with E-state index in [4.69, 9.17) is 4.74 Å². The number of aromatic nitrogens is 1. The van der Waals surface area contributed by atoms with Crippen molar-refractivity contribution in [2.75, 3.05) is 50.8 Å². The van der Waals surface area contributed by atoms with Gasteiger partial charge < -0.3 is 14.5 Å². The standard InChI is InChI=1S/C20H30N4O2.CH4/c1-3-26-19(25)24-14-20(15-24)7-6-17(13-20)22-9-11-23(12-10-22)18-16(2)5-4-8-21-18;/h4-5,8,17H,3,6-7,9-15H2,1-2H3;1H4. The van der Waals surface area contributed by atoms with E-state index >= 15 is 0 Å². The number of hydrogen-bond donors (Lipinski definition) is 0. The van der Waals surface area contributed by atoms with Crippen molar-refractivity contribution in [3.8, 4) is 0 Å². The molecule has 1 saturated carbocycles. The summed E-state index contributed by atoms with van der Waals surface area (Å²) in [5, 5.41) is 0. The Morgan fingerprint density at radius 2 is 2.04 bits per heavy atom. The zero-order valence-corrected chi connectivity index (χ0v) is 16.0. The molecule has 2 aliphatic heterocycles. The average molecular weight is 375 g/mol. The lowest BCUT2D eigenvalue weighted by Gasteiger charge is -2.48. The first-order valence-corrected chi connectivity index (χ1v) is 9.92. The first-order valence-electron chi connectivity index (χ1n) is 9.92. The van der Waals surface area contributed by atoms with Crippen LogP contribution in [0.2, 0.25) is 0 Å². The van der Waals surface area contributed by atoms with Crippen LogP contribution >= 0.6 is 0 Å². The minimum absolute atomic E-state index is 0. The maximum absolute atomic E-state index is 11.8. The van der Waals surface area contributed by atoms with Crippen LogP contribution in [0.4, 0.5) is 10.6 Å². The molecule has 0 radical (unpaired) electrons. The van der Waals surface area contributed by atoms with Crippen molar-refractivity contribution in [3.63, 3.8) is 0 Å². The minimum Gasteiger partial charge on any atom is -0.450 e.